The van der Waals surface area contributed by atoms with Gasteiger partial charge in [0.25, 0.3) is 0 Å². The topological polar surface area (TPSA) is 55.6 Å². The normalized spacial score (nSPS) is 13.2. The zero-order chi connectivity index (χ0) is 17.0. The SMILES string of the molecule is COCN(C)c1ccc(-c2ccc(/C=C(/C(C)=O)C(C)N)s2)s1. The standard InChI is InChI=1S/C17H22N2O2S2/c1-11(18)14(12(2)20)9-13-5-6-15(22-13)16-7-8-17(23-16)19(3)10-21-4/h5-9,11H,10,18H2,1-4H3/b14-9+. The predicted molar refractivity (Wildman–Crippen MR) is 100 cm³/mol. The largest absolute Gasteiger partial charge is 0.364 e. The molecule has 0 fully saturated rings. The van der Waals surface area contributed by atoms with E-state index in [-0.39, 0.29) is 11.8 Å². The summed E-state index contributed by atoms with van der Waals surface area (Å²) < 4.78 is 5.15. The van der Waals surface area contributed by atoms with Crippen molar-refractivity contribution in [3.05, 3.63) is 34.7 Å². The summed E-state index contributed by atoms with van der Waals surface area (Å²) in [5.41, 5.74) is 6.53. The van der Waals surface area contributed by atoms with Gasteiger partial charge in [0, 0.05) is 40.4 Å². The van der Waals surface area contributed by atoms with Crippen LogP contribution in [0.1, 0.15) is 18.7 Å². The van der Waals surface area contributed by atoms with Crippen molar-refractivity contribution in [1.82, 2.24) is 0 Å². The van der Waals surface area contributed by atoms with Gasteiger partial charge in [-0.15, -0.1) is 22.7 Å². The Morgan fingerprint density at radius 2 is 1.96 bits per heavy atom. The molecule has 0 aliphatic heterocycles. The van der Waals surface area contributed by atoms with Gasteiger partial charge in [-0.2, -0.15) is 0 Å². The number of anilines is 1. The van der Waals surface area contributed by atoms with E-state index in [1.54, 1.807) is 36.7 Å². The molecule has 6 heteroatoms. The van der Waals surface area contributed by atoms with Gasteiger partial charge in [0.2, 0.25) is 0 Å². The number of Topliss-reactive ketones (excluding diaryl/α,β-unsaturated/α-hetero) is 1. The smallest absolute Gasteiger partial charge is 0.157 e. The molecule has 0 amide bonds. The van der Waals surface area contributed by atoms with E-state index < -0.39 is 0 Å². The Morgan fingerprint density at radius 3 is 2.57 bits per heavy atom. The fraction of sp³-hybridized carbons (Fsp3) is 0.353. The van der Waals surface area contributed by atoms with Gasteiger partial charge in [0.15, 0.2) is 5.78 Å². The van der Waals surface area contributed by atoms with Crippen LogP contribution in [0.4, 0.5) is 5.00 Å². The lowest BCUT2D eigenvalue weighted by molar-refractivity contribution is -0.113. The van der Waals surface area contributed by atoms with Crippen molar-refractivity contribution in [1.29, 1.82) is 0 Å². The second kappa shape index (κ2) is 7.88. The van der Waals surface area contributed by atoms with Crippen LogP contribution in [0, 0.1) is 0 Å². The summed E-state index contributed by atoms with van der Waals surface area (Å²) >= 11 is 3.39. The summed E-state index contributed by atoms with van der Waals surface area (Å²) in [5, 5.41) is 1.16. The van der Waals surface area contributed by atoms with Crippen LogP contribution >= 0.6 is 22.7 Å². The molecule has 2 heterocycles. The molecule has 0 aliphatic rings. The number of thiophene rings is 2. The Kier molecular flexibility index (Phi) is 6.12. The summed E-state index contributed by atoms with van der Waals surface area (Å²) in [5.74, 6) is 0.0227. The molecule has 2 N–H and O–H groups in total. The molecule has 0 bridgehead atoms. The molecule has 0 aliphatic carbocycles. The van der Waals surface area contributed by atoms with Crippen LogP contribution in [0.5, 0.6) is 0 Å². The van der Waals surface area contributed by atoms with Crippen molar-refractivity contribution >= 4 is 39.5 Å². The van der Waals surface area contributed by atoms with Crippen LogP contribution < -0.4 is 10.6 Å². The average molecular weight is 351 g/mol. The minimum atomic E-state index is -0.255. The van der Waals surface area contributed by atoms with Gasteiger partial charge < -0.3 is 15.4 Å². The average Bonchev–Trinajstić information content (AvgIpc) is 3.13. The van der Waals surface area contributed by atoms with Crippen LogP contribution in [0.25, 0.3) is 15.8 Å². The first-order valence-corrected chi connectivity index (χ1v) is 8.94. The molecule has 1 atom stereocenters. The zero-order valence-corrected chi connectivity index (χ0v) is 15.5. The van der Waals surface area contributed by atoms with Crippen molar-refractivity contribution in [2.75, 3.05) is 25.8 Å². The van der Waals surface area contributed by atoms with E-state index in [0.717, 1.165) is 9.88 Å². The maximum absolute atomic E-state index is 11.6. The first kappa shape index (κ1) is 17.9. The second-order valence-electron chi connectivity index (χ2n) is 5.40. The summed E-state index contributed by atoms with van der Waals surface area (Å²) in [6.07, 6.45) is 1.90. The van der Waals surface area contributed by atoms with Crippen molar-refractivity contribution in [2.45, 2.75) is 19.9 Å². The molecule has 124 valence electrons. The highest BCUT2D eigenvalue weighted by molar-refractivity contribution is 7.24. The second-order valence-corrected chi connectivity index (χ2v) is 7.58. The van der Waals surface area contributed by atoms with Gasteiger partial charge >= 0.3 is 0 Å². The minimum absolute atomic E-state index is 0.0227. The molecule has 23 heavy (non-hydrogen) atoms. The van der Waals surface area contributed by atoms with Crippen LogP contribution in [0.3, 0.4) is 0 Å². The molecule has 0 spiro atoms. The summed E-state index contributed by atoms with van der Waals surface area (Å²) in [4.78, 5) is 17.1. The number of ether oxygens (including phenoxy) is 1. The van der Waals surface area contributed by atoms with Crippen LogP contribution in [0.2, 0.25) is 0 Å². The molecule has 0 aromatic carbocycles. The van der Waals surface area contributed by atoms with Crippen LogP contribution in [-0.2, 0) is 9.53 Å². The number of carbonyl (C=O) groups is 1. The van der Waals surface area contributed by atoms with E-state index in [1.807, 2.05) is 26.1 Å². The van der Waals surface area contributed by atoms with E-state index in [0.29, 0.717) is 12.3 Å². The third kappa shape index (κ3) is 4.51. The van der Waals surface area contributed by atoms with Gasteiger partial charge in [-0.25, -0.2) is 0 Å². The number of nitrogens with two attached hydrogens (primary N) is 1. The first-order chi connectivity index (χ1) is 10.9. The number of carbonyl (C=O) groups excluding carboxylic acids is 1. The minimum Gasteiger partial charge on any atom is -0.364 e. The van der Waals surface area contributed by atoms with E-state index >= 15 is 0 Å². The van der Waals surface area contributed by atoms with Gasteiger partial charge in [0.1, 0.15) is 6.73 Å². The third-order valence-electron chi connectivity index (χ3n) is 3.36. The Balaban J connectivity index is 2.22. The molecule has 4 nitrogen and oxygen atoms in total. The van der Waals surface area contributed by atoms with Crippen molar-refractivity contribution in [2.24, 2.45) is 5.73 Å². The van der Waals surface area contributed by atoms with E-state index in [2.05, 4.69) is 23.1 Å². The summed E-state index contributed by atoms with van der Waals surface area (Å²) in [7, 11) is 3.69. The van der Waals surface area contributed by atoms with Crippen LogP contribution in [0.15, 0.2) is 29.8 Å². The first-order valence-electron chi connectivity index (χ1n) is 7.30. The maximum atomic E-state index is 11.6. The van der Waals surface area contributed by atoms with Crippen molar-refractivity contribution < 1.29 is 9.53 Å². The molecule has 0 saturated carbocycles. The fourth-order valence-electron chi connectivity index (χ4n) is 2.19. The zero-order valence-electron chi connectivity index (χ0n) is 13.8. The monoisotopic (exact) mass is 350 g/mol. The number of hydrogen-bond donors (Lipinski definition) is 1. The molecule has 2 aromatic heterocycles. The Bertz CT molecular complexity index is 701. The van der Waals surface area contributed by atoms with E-state index in [9.17, 15) is 4.79 Å². The lowest BCUT2D eigenvalue weighted by atomic mass is 10.1. The quantitative estimate of drug-likeness (QED) is 0.609. The summed E-state index contributed by atoms with van der Waals surface area (Å²) in [6.45, 7) is 3.95. The predicted octanol–water partition coefficient (Wildman–Crippen LogP) is 3.84. The van der Waals surface area contributed by atoms with Crippen molar-refractivity contribution in [3.8, 4) is 9.75 Å². The van der Waals surface area contributed by atoms with Gasteiger partial charge in [-0.3, -0.25) is 4.79 Å². The lowest BCUT2D eigenvalue weighted by Gasteiger charge is -2.14. The van der Waals surface area contributed by atoms with E-state index in [1.165, 1.54) is 9.75 Å². The molecular weight excluding hydrogens is 328 g/mol. The van der Waals surface area contributed by atoms with Crippen LogP contribution in [-0.4, -0.2) is 32.7 Å². The third-order valence-corrected chi connectivity index (χ3v) is 5.78. The molecule has 0 radical (unpaired) electrons. The number of rotatable bonds is 7. The van der Waals surface area contributed by atoms with Gasteiger partial charge in [0.05, 0.1) is 5.00 Å². The van der Waals surface area contributed by atoms with Crippen molar-refractivity contribution in [3.63, 3.8) is 0 Å². The highest BCUT2D eigenvalue weighted by atomic mass is 32.1. The Labute approximate surface area is 145 Å². The van der Waals surface area contributed by atoms with E-state index in [4.69, 9.17) is 10.5 Å². The summed E-state index contributed by atoms with van der Waals surface area (Å²) in [6, 6.07) is 8.07. The molecule has 0 saturated heterocycles. The number of hydrogen-bond acceptors (Lipinski definition) is 6. The molecule has 2 aromatic rings. The highest BCUT2D eigenvalue weighted by Gasteiger charge is 2.12. The fourth-order valence-corrected chi connectivity index (χ4v) is 4.20. The molecular formula is C17H22N2O2S2. The maximum Gasteiger partial charge on any atom is 0.157 e. The van der Waals surface area contributed by atoms with Gasteiger partial charge in [-0.05, 0) is 44.2 Å². The lowest BCUT2D eigenvalue weighted by Crippen LogP contribution is -2.22. The Morgan fingerprint density at radius 1 is 1.30 bits per heavy atom. The number of nitrogens with zero attached hydrogens (tertiary/aromatic N) is 1. The number of ketones is 1. The molecule has 2 rings (SSSR count). The van der Waals surface area contributed by atoms with Gasteiger partial charge in [-0.1, -0.05) is 0 Å². The highest BCUT2D eigenvalue weighted by Crippen LogP contribution is 2.37. The Hall–Kier alpha value is -1.47. The molecule has 1 unspecified atom stereocenters. The number of methoxy groups -OCH3 is 1.